The van der Waals surface area contributed by atoms with Gasteiger partial charge in [0, 0.05) is 17.2 Å². The zero-order valence-corrected chi connectivity index (χ0v) is 13.8. The predicted molar refractivity (Wildman–Crippen MR) is 93.9 cm³/mol. The smallest absolute Gasteiger partial charge is 0.271 e. The highest BCUT2D eigenvalue weighted by molar-refractivity contribution is 6.01. The van der Waals surface area contributed by atoms with Crippen molar-refractivity contribution in [2.45, 2.75) is 19.8 Å². The van der Waals surface area contributed by atoms with Gasteiger partial charge in [0.1, 0.15) is 5.82 Å². The average Bonchev–Trinajstić information content (AvgIpc) is 3.45. The van der Waals surface area contributed by atoms with Crippen LogP contribution in [-0.4, -0.2) is 17.5 Å². The minimum absolute atomic E-state index is 0.0560. The molecule has 2 amide bonds. The van der Waals surface area contributed by atoms with Gasteiger partial charge in [-0.1, -0.05) is 18.2 Å². The number of carbonyl (C=O) groups is 2. The van der Waals surface area contributed by atoms with Crippen molar-refractivity contribution in [3.63, 3.8) is 0 Å². The molecule has 1 aliphatic rings. The molecule has 3 rings (SSSR count). The SMILES string of the molecule is C/C(=N/NC(=O)c1cccc(F)c1)c1ccc(NC(=O)C2CC2)cc1. The van der Waals surface area contributed by atoms with Crippen molar-refractivity contribution >= 4 is 23.2 Å². The summed E-state index contributed by atoms with van der Waals surface area (Å²) in [6, 6.07) is 12.6. The fraction of sp³-hybridized carbons (Fsp3) is 0.211. The predicted octanol–water partition coefficient (Wildman–Crippen LogP) is 3.33. The van der Waals surface area contributed by atoms with E-state index in [0.717, 1.165) is 30.2 Å². The first kappa shape index (κ1) is 16.8. The molecule has 1 fully saturated rings. The van der Waals surface area contributed by atoms with Crippen LogP contribution in [0.5, 0.6) is 0 Å². The number of rotatable bonds is 5. The van der Waals surface area contributed by atoms with Crippen LogP contribution in [0.1, 0.15) is 35.7 Å². The molecule has 0 saturated heterocycles. The topological polar surface area (TPSA) is 70.6 Å². The summed E-state index contributed by atoms with van der Waals surface area (Å²) >= 11 is 0. The largest absolute Gasteiger partial charge is 0.326 e. The summed E-state index contributed by atoms with van der Waals surface area (Å²) in [5.41, 5.74) is 4.75. The minimum atomic E-state index is -0.479. The molecule has 0 radical (unpaired) electrons. The zero-order valence-electron chi connectivity index (χ0n) is 13.8. The van der Waals surface area contributed by atoms with Gasteiger partial charge < -0.3 is 5.32 Å². The van der Waals surface area contributed by atoms with Crippen LogP contribution in [-0.2, 0) is 4.79 Å². The molecule has 0 atom stereocenters. The van der Waals surface area contributed by atoms with Gasteiger partial charge in [-0.15, -0.1) is 0 Å². The van der Waals surface area contributed by atoms with Crippen LogP contribution in [0.4, 0.5) is 10.1 Å². The van der Waals surface area contributed by atoms with Gasteiger partial charge in [0.25, 0.3) is 5.91 Å². The summed E-state index contributed by atoms with van der Waals surface area (Å²) in [6.07, 6.45) is 1.92. The standard InChI is InChI=1S/C19H18FN3O2/c1-12(22-23-19(25)15-3-2-4-16(20)11-15)13-7-9-17(10-8-13)21-18(24)14-5-6-14/h2-4,7-11,14H,5-6H2,1H3,(H,21,24)(H,23,25)/b22-12-. The van der Waals surface area contributed by atoms with Crippen molar-refractivity contribution in [1.82, 2.24) is 5.43 Å². The van der Waals surface area contributed by atoms with Crippen LogP contribution in [0.2, 0.25) is 0 Å². The summed E-state index contributed by atoms with van der Waals surface area (Å²) in [6.45, 7) is 1.75. The molecule has 2 aromatic rings. The molecule has 2 aromatic carbocycles. The number of nitrogens with one attached hydrogen (secondary N) is 2. The Hall–Kier alpha value is -3.02. The summed E-state index contributed by atoms with van der Waals surface area (Å²) < 4.78 is 13.1. The molecule has 1 aliphatic carbocycles. The normalized spacial score (nSPS) is 14.1. The fourth-order valence-electron chi connectivity index (χ4n) is 2.28. The number of hydrogen-bond acceptors (Lipinski definition) is 3. The van der Waals surface area contributed by atoms with Gasteiger partial charge in [-0.25, -0.2) is 9.82 Å². The molecule has 25 heavy (non-hydrogen) atoms. The maximum absolute atomic E-state index is 13.1. The third kappa shape index (κ3) is 4.50. The van der Waals surface area contributed by atoms with Gasteiger partial charge >= 0.3 is 0 Å². The number of hydrazone groups is 1. The van der Waals surface area contributed by atoms with E-state index in [0.29, 0.717) is 5.71 Å². The van der Waals surface area contributed by atoms with Gasteiger partial charge in [0.15, 0.2) is 0 Å². The van der Waals surface area contributed by atoms with Crippen LogP contribution in [0, 0.1) is 11.7 Å². The fourth-order valence-corrected chi connectivity index (χ4v) is 2.28. The Balaban J connectivity index is 1.61. The number of benzene rings is 2. The molecule has 0 spiro atoms. The van der Waals surface area contributed by atoms with Crippen molar-refractivity contribution in [3.8, 4) is 0 Å². The molecule has 0 unspecified atom stereocenters. The Morgan fingerprint density at radius 1 is 1.08 bits per heavy atom. The second-order valence-electron chi connectivity index (χ2n) is 5.99. The Labute approximate surface area is 144 Å². The molecule has 1 saturated carbocycles. The highest BCUT2D eigenvalue weighted by Gasteiger charge is 2.29. The number of amides is 2. The van der Waals surface area contributed by atoms with Gasteiger partial charge in [0.05, 0.1) is 5.71 Å². The number of nitrogens with zero attached hydrogens (tertiary/aromatic N) is 1. The second kappa shape index (κ2) is 7.25. The Morgan fingerprint density at radius 2 is 1.80 bits per heavy atom. The lowest BCUT2D eigenvalue weighted by atomic mass is 10.1. The van der Waals surface area contributed by atoms with E-state index in [9.17, 15) is 14.0 Å². The average molecular weight is 339 g/mol. The third-order valence-corrected chi connectivity index (χ3v) is 3.93. The van der Waals surface area contributed by atoms with E-state index in [1.54, 1.807) is 19.1 Å². The maximum atomic E-state index is 13.1. The number of carbonyl (C=O) groups excluding carboxylic acids is 2. The van der Waals surface area contributed by atoms with Crippen molar-refractivity contribution < 1.29 is 14.0 Å². The molecular formula is C19H18FN3O2. The highest BCUT2D eigenvalue weighted by Crippen LogP contribution is 2.30. The van der Waals surface area contributed by atoms with E-state index in [-0.39, 0.29) is 17.4 Å². The Bertz CT molecular complexity index is 827. The van der Waals surface area contributed by atoms with Crippen LogP contribution in [0.25, 0.3) is 0 Å². The second-order valence-corrected chi connectivity index (χ2v) is 5.99. The van der Waals surface area contributed by atoms with Crippen LogP contribution in [0.15, 0.2) is 53.6 Å². The molecule has 5 nitrogen and oxygen atoms in total. The first-order valence-electron chi connectivity index (χ1n) is 8.04. The van der Waals surface area contributed by atoms with E-state index in [1.807, 2.05) is 12.1 Å². The van der Waals surface area contributed by atoms with Crippen molar-refractivity contribution in [2.24, 2.45) is 11.0 Å². The van der Waals surface area contributed by atoms with Crippen molar-refractivity contribution in [2.75, 3.05) is 5.32 Å². The first-order valence-corrected chi connectivity index (χ1v) is 8.04. The number of hydrogen-bond donors (Lipinski definition) is 2. The van der Waals surface area contributed by atoms with E-state index in [2.05, 4.69) is 15.8 Å². The van der Waals surface area contributed by atoms with Gasteiger partial charge in [-0.05, 0) is 55.7 Å². The van der Waals surface area contributed by atoms with Crippen LogP contribution >= 0.6 is 0 Å². The lowest BCUT2D eigenvalue weighted by Gasteiger charge is -2.06. The first-order chi connectivity index (χ1) is 12.0. The number of anilines is 1. The summed E-state index contributed by atoms with van der Waals surface area (Å²) in [7, 11) is 0. The minimum Gasteiger partial charge on any atom is -0.326 e. The molecule has 0 bridgehead atoms. The van der Waals surface area contributed by atoms with Crippen LogP contribution in [0.3, 0.4) is 0 Å². The third-order valence-electron chi connectivity index (χ3n) is 3.93. The Kier molecular flexibility index (Phi) is 4.88. The molecule has 0 aromatic heterocycles. The zero-order chi connectivity index (χ0) is 17.8. The van der Waals surface area contributed by atoms with E-state index in [1.165, 1.54) is 18.2 Å². The molecule has 0 aliphatic heterocycles. The molecule has 2 N–H and O–H groups in total. The van der Waals surface area contributed by atoms with Gasteiger partial charge in [0.2, 0.25) is 5.91 Å². The quantitative estimate of drug-likeness (QED) is 0.648. The monoisotopic (exact) mass is 339 g/mol. The molecule has 6 heteroatoms. The maximum Gasteiger partial charge on any atom is 0.271 e. The molecular weight excluding hydrogens is 321 g/mol. The van der Waals surface area contributed by atoms with Crippen LogP contribution < -0.4 is 10.7 Å². The Morgan fingerprint density at radius 3 is 2.44 bits per heavy atom. The van der Waals surface area contributed by atoms with E-state index in [4.69, 9.17) is 0 Å². The lowest BCUT2D eigenvalue weighted by Crippen LogP contribution is -2.19. The van der Waals surface area contributed by atoms with Crippen molar-refractivity contribution in [1.29, 1.82) is 0 Å². The summed E-state index contributed by atoms with van der Waals surface area (Å²) in [5, 5.41) is 6.90. The lowest BCUT2D eigenvalue weighted by molar-refractivity contribution is -0.117. The molecule has 0 heterocycles. The summed E-state index contributed by atoms with van der Waals surface area (Å²) in [5.74, 6) is -0.745. The van der Waals surface area contributed by atoms with E-state index >= 15 is 0 Å². The van der Waals surface area contributed by atoms with Crippen molar-refractivity contribution in [3.05, 3.63) is 65.5 Å². The number of halogens is 1. The molecule has 128 valence electrons. The highest BCUT2D eigenvalue weighted by atomic mass is 19.1. The van der Waals surface area contributed by atoms with E-state index < -0.39 is 11.7 Å². The summed E-state index contributed by atoms with van der Waals surface area (Å²) in [4.78, 5) is 23.7. The van der Waals surface area contributed by atoms with Gasteiger partial charge in [-0.2, -0.15) is 5.10 Å². The van der Waals surface area contributed by atoms with Gasteiger partial charge in [-0.3, -0.25) is 9.59 Å².